The number of halogens is 3. The number of azide groups is 1. The zero-order valence-corrected chi connectivity index (χ0v) is 14.5. The van der Waals surface area contributed by atoms with Crippen LogP contribution in [0.3, 0.4) is 0 Å². The van der Waals surface area contributed by atoms with Crippen LogP contribution in [0, 0.1) is 0 Å². The van der Waals surface area contributed by atoms with Gasteiger partial charge in [-0.2, -0.15) is 13.2 Å². The molecule has 1 saturated heterocycles. The molecular weight excluding hydrogens is 357 g/mol. The molecule has 2 atom stereocenters. The van der Waals surface area contributed by atoms with Crippen molar-refractivity contribution in [2.24, 2.45) is 5.11 Å². The van der Waals surface area contributed by atoms with Crippen LogP contribution in [0.2, 0.25) is 0 Å². The average Bonchev–Trinajstić information content (AvgIpc) is 3.02. The van der Waals surface area contributed by atoms with E-state index < -0.39 is 11.7 Å². The van der Waals surface area contributed by atoms with Crippen molar-refractivity contribution in [1.82, 2.24) is 4.90 Å². The lowest BCUT2D eigenvalue weighted by molar-refractivity contribution is -0.137. The lowest BCUT2D eigenvalue weighted by Crippen LogP contribution is -2.25. The van der Waals surface area contributed by atoms with Crippen LogP contribution in [0.5, 0.6) is 0 Å². The van der Waals surface area contributed by atoms with E-state index in [0.29, 0.717) is 18.7 Å². The van der Waals surface area contributed by atoms with Gasteiger partial charge in [-0.05, 0) is 28.8 Å². The third-order valence-electron chi connectivity index (χ3n) is 4.51. The van der Waals surface area contributed by atoms with E-state index in [1.54, 1.807) is 0 Å². The molecule has 0 spiro atoms. The second-order valence-corrected chi connectivity index (χ2v) is 6.50. The zero-order chi connectivity index (χ0) is 19.3. The van der Waals surface area contributed by atoms with E-state index in [1.807, 2.05) is 30.3 Å². The van der Waals surface area contributed by atoms with Gasteiger partial charge in [-0.25, -0.2) is 0 Å². The van der Waals surface area contributed by atoms with Gasteiger partial charge in [0, 0.05) is 24.5 Å². The summed E-state index contributed by atoms with van der Waals surface area (Å²) < 4.78 is 43.7. The number of alkyl halides is 3. The van der Waals surface area contributed by atoms with Crippen molar-refractivity contribution in [2.45, 2.75) is 31.5 Å². The highest BCUT2D eigenvalue weighted by atomic mass is 19.4. The topological polar surface area (TPSA) is 61.2 Å². The molecule has 0 saturated carbocycles. The van der Waals surface area contributed by atoms with E-state index in [9.17, 15) is 13.2 Å². The highest BCUT2D eigenvalue weighted by Crippen LogP contribution is 2.29. The number of hydrogen-bond donors (Lipinski definition) is 0. The predicted molar refractivity (Wildman–Crippen MR) is 94.7 cm³/mol. The molecule has 142 valence electrons. The first-order valence-corrected chi connectivity index (χ1v) is 8.54. The number of hydrogen-bond acceptors (Lipinski definition) is 3. The Bertz CT molecular complexity index is 789. The first-order valence-electron chi connectivity index (χ1n) is 8.54. The van der Waals surface area contributed by atoms with Crippen molar-refractivity contribution in [1.29, 1.82) is 0 Å². The number of ether oxygens (including phenoxy) is 1. The molecule has 2 aromatic carbocycles. The largest absolute Gasteiger partial charge is 0.416 e. The second kappa shape index (κ2) is 8.43. The summed E-state index contributed by atoms with van der Waals surface area (Å²) in [5, 5.41) is 3.82. The van der Waals surface area contributed by atoms with Crippen LogP contribution < -0.4 is 0 Å². The minimum atomic E-state index is -4.35. The molecule has 1 aliphatic heterocycles. The fourth-order valence-electron chi connectivity index (χ4n) is 3.14. The standard InChI is InChI=1S/C19H19F3N4O/c20-19(21,22)16-8-6-15(7-9-16)13-27-18-12-26(11-17(18)24-25-23)10-14-4-2-1-3-5-14/h1-9,17-18H,10-13H2/t17-,18-/m1/s1. The summed E-state index contributed by atoms with van der Waals surface area (Å²) in [6.07, 6.45) is -4.65. The highest BCUT2D eigenvalue weighted by molar-refractivity contribution is 5.24. The zero-order valence-electron chi connectivity index (χ0n) is 14.5. The average molecular weight is 376 g/mol. The van der Waals surface area contributed by atoms with Gasteiger partial charge in [-0.1, -0.05) is 47.6 Å². The molecule has 0 N–H and O–H groups in total. The van der Waals surface area contributed by atoms with Gasteiger partial charge < -0.3 is 4.74 Å². The molecule has 0 radical (unpaired) electrons. The summed E-state index contributed by atoms with van der Waals surface area (Å²) in [6, 6.07) is 14.5. The van der Waals surface area contributed by atoms with E-state index >= 15 is 0 Å². The maximum absolute atomic E-state index is 12.6. The van der Waals surface area contributed by atoms with Crippen molar-refractivity contribution in [3.05, 3.63) is 81.7 Å². The molecule has 3 rings (SSSR count). The number of benzene rings is 2. The van der Waals surface area contributed by atoms with E-state index in [4.69, 9.17) is 10.3 Å². The minimum absolute atomic E-state index is 0.166. The molecule has 0 aliphatic carbocycles. The number of nitrogens with zero attached hydrogens (tertiary/aromatic N) is 4. The summed E-state index contributed by atoms with van der Waals surface area (Å²) in [6.45, 7) is 2.06. The van der Waals surface area contributed by atoms with Crippen molar-refractivity contribution < 1.29 is 17.9 Å². The van der Waals surface area contributed by atoms with Crippen molar-refractivity contribution >= 4 is 0 Å². The van der Waals surface area contributed by atoms with Crippen LogP contribution >= 0.6 is 0 Å². The molecular formula is C19H19F3N4O. The molecule has 1 aliphatic rings. The second-order valence-electron chi connectivity index (χ2n) is 6.50. The Labute approximate surface area is 155 Å². The minimum Gasteiger partial charge on any atom is -0.372 e. The molecule has 2 aromatic rings. The van der Waals surface area contributed by atoms with Gasteiger partial charge in [0.1, 0.15) is 0 Å². The third kappa shape index (κ3) is 5.23. The van der Waals surface area contributed by atoms with Gasteiger partial charge in [0.25, 0.3) is 0 Å². The van der Waals surface area contributed by atoms with Crippen LogP contribution in [0.15, 0.2) is 59.7 Å². The Morgan fingerprint density at radius 2 is 1.74 bits per heavy atom. The SMILES string of the molecule is [N-]=[N+]=N[C@@H]1CN(Cc2ccccc2)C[C@H]1OCc1ccc(C(F)(F)F)cc1. The molecule has 8 heteroatoms. The first kappa shape index (κ1) is 19.2. The van der Waals surface area contributed by atoms with E-state index in [0.717, 1.165) is 24.2 Å². The lowest BCUT2D eigenvalue weighted by atomic mass is 10.1. The highest BCUT2D eigenvalue weighted by Gasteiger charge is 2.33. The van der Waals surface area contributed by atoms with Gasteiger partial charge in [-0.15, -0.1) is 0 Å². The van der Waals surface area contributed by atoms with Crippen molar-refractivity contribution in [2.75, 3.05) is 13.1 Å². The third-order valence-corrected chi connectivity index (χ3v) is 4.51. The van der Waals surface area contributed by atoms with Crippen LogP contribution in [0.1, 0.15) is 16.7 Å². The Morgan fingerprint density at radius 3 is 2.37 bits per heavy atom. The van der Waals surface area contributed by atoms with Gasteiger partial charge >= 0.3 is 6.18 Å². The van der Waals surface area contributed by atoms with Crippen LogP contribution in [-0.2, 0) is 24.1 Å². The molecule has 5 nitrogen and oxygen atoms in total. The maximum Gasteiger partial charge on any atom is 0.416 e. The Balaban J connectivity index is 1.60. The normalized spacial score (nSPS) is 20.4. The predicted octanol–water partition coefficient (Wildman–Crippen LogP) is 4.79. The van der Waals surface area contributed by atoms with Gasteiger partial charge in [0.15, 0.2) is 0 Å². The Morgan fingerprint density at radius 1 is 1.04 bits per heavy atom. The maximum atomic E-state index is 12.6. The molecule has 0 bridgehead atoms. The van der Waals surface area contributed by atoms with Crippen LogP contribution in [-0.4, -0.2) is 30.1 Å². The fourth-order valence-corrected chi connectivity index (χ4v) is 3.14. The van der Waals surface area contributed by atoms with Crippen LogP contribution in [0.25, 0.3) is 10.4 Å². The summed E-state index contributed by atoms with van der Waals surface area (Å²) >= 11 is 0. The molecule has 0 amide bonds. The summed E-state index contributed by atoms with van der Waals surface area (Å²) in [7, 11) is 0. The van der Waals surface area contributed by atoms with E-state index in [1.165, 1.54) is 12.1 Å². The van der Waals surface area contributed by atoms with Gasteiger partial charge in [0.2, 0.25) is 0 Å². The Kier molecular flexibility index (Phi) is 6.01. The quantitative estimate of drug-likeness (QED) is 0.414. The Hall–Kier alpha value is -2.54. The molecule has 27 heavy (non-hydrogen) atoms. The summed E-state index contributed by atoms with van der Waals surface area (Å²) in [5.74, 6) is 0. The summed E-state index contributed by atoms with van der Waals surface area (Å²) in [5.41, 5.74) is 9.90. The monoisotopic (exact) mass is 376 g/mol. The molecule has 1 fully saturated rings. The smallest absolute Gasteiger partial charge is 0.372 e. The van der Waals surface area contributed by atoms with Gasteiger partial charge in [0.05, 0.1) is 24.3 Å². The van der Waals surface area contributed by atoms with Crippen LogP contribution in [0.4, 0.5) is 13.2 Å². The first-order chi connectivity index (χ1) is 13.0. The van der Waals surface area contributed by atoms with E-state index in [-0.39, 0.29) is 18.8 Å². The summed E-state index contributed by atoms with van der Waals surface area (Å²) in [4.78, 5) is 5.04. The van der Waals surface area contributed by atoms with Gasteiger partial charge in [-0.3, -0.25) is 4.90 Å². The van der Waals surface area contributed by atoms with Crippen molar-refractivity contribution in [3.8, 4) is 0 Å². The molecule has 1 heterocycles. The fraction of sp³-hybridized carbons (Fsp3) is 0.368. The number of rotatable bonds is 6. The number of likely N-dealkylation sites (tertiary alicyclic amines) is 1. The van der Waals surface area contributed by atoms with E-state index in [2.05, 4.69) is 14.9 Å². The molecule has 0 unspecified atom stereocenters. The molecule has 0 aromatic heterocycles. The lowest BCUT2D eigenvalue weighted by Gasteiger charge is -2.17. The van der Waals surface area contributed by atoms with Crippen molar-refractivity contribution in [3.63, 3.8) is 0 Å².